The molecule has 5 nitrogen and oxygen atoms in total. The molecule has 0 aliphatic rings. The summed E-state index contributed by atoms with van der Waals surface area (Å²) < 4.78 is 4.77. The van der Waals surface area contributed by atoms with Gasteiger partial charge in [-0.15, -0.1) is 11.6 Å². The first-order valence-corrected chi connectivity index (χ1v) is 7.74. The van der Waals surface area contributed by atoms with Crippen LogP contribution in [0.3, 0.4) is 0 Å². The third-order valence-corrected chi connectivity index (χ3v) is 3.42. The SMILES string of the molecule is CCOC(=O)CCC(=O)c1ccc(C(O)C(O)CCCl)cc1. The van der Waals surface area contributed by atoms with Gasteiger partial charge in [0.2, 0.25) is 0 Å². The predicted octanol–water partition coefficient (Wildman–Crippen LogP) is 2.24. The van der Waals surface area contributed by atoms with Crippen molar-refractivity contribution >= 4 is 23.4 Å². The van der Waals surface area contributed by atoms with E-state index in [-0.39, 0.29) is 30.9 Å². The Hall–Kier alpha value is -1.43. The van der Waals surface area contributed by atoms with Crippen LogP contribution in [0.15, 0.2) is 24.3 Å². The number of hydrogen-bond acceptors (Lipinski definition) is 5. The van der Waals surface area contributed by atoms with Crippen molar-refractivity contribution in [2.75, 3.05) is 12.5 Å². The number of alkyl halides is 1. The number of carbonyl (C=O) groups is 2. The molecule has 0 fully saturated rings. The number of Topliss-reactive ketones (excluding diaryl/α,β-unsaturated/α-hetero) is 1. The second-order valence-electron chi connectivity index (χ2n) is 4.84. The summed E-state index contributed by atoms with van der Waals surface area (Å²) in [4.78, 5) is 23.1. The quantitative estimate of drug-likeness (QED) is 0.412. The van der Waals surface area contributed by atoms with Gasteiger partial charge >= 0.3 is 5.97 Å². The molecule has 22 heavy (non-hydrogen) atoms. The molecule has 0 saturated heterocycles. The van der Waals surface area contributed by atoms with Gasteiger partial charge in [-0.3, -0.25) is 9.59 Å². The molecule has 0 amide bonds. The molecule has 0 spiro atoms. The Morgan fingerprint density at radius 1 is 1.18 bits per heavy atom. The molecule has 0 aromatic heterocycles. The molecule has 2 N–H and O–H groups in total. The second-order valence-corrected chi connectivity index (χ2v) is 5.22. The van der Waals surface area contributed by atoms with Gasteiger partial charge in [0.1, 0.15) is 6.10 Å². The number of carbonyl (C=O) groups excluding carboxylic acids is 2. The van der Waals surface area contributed by atoms with E-state index in [1.807, 2.05) is 0 Å². The van der Waals surface area contributed by atoms with E-state index in [1.165, 1.54) is 0 Å². The predicted molar refractivity (Wildman–Crippen MR) is 82.9 cm³/mol. The van der Waals surface area contributed by atoms with Crippen LogP contribution in [0.4, 0.5) is 0 Å². The molecule has 0 aliphatic heterocycles. The first-order chi connectivity index (χ1) is 10.5. The van der Waals surface area contributed by atoms with E-state index < -0.39 is 18.2 Å². The van der Waals surface area contributed by atoms with Gasteiger partial charge in [0.15, 0.2) is 5.78 Å². The third-order valence-electron chi connectivity index (χ3n) is 3.21. The summed E-state index contributed by atoms with van der Waals surface area (Å²) in [7, 11) is 0. The highest BCUT2D eigenvalue weighted by molar-refractivity contribution is 6.17. The van der Waals surface area contributed by atoms with Gasteiger partial charge in [0, 0.05) is 17.9 Å². The Bertz CT molecular complexity index is 486. The number of benzene rings is 1. The summed E-state index contributed by atoms with van der Waals surface area (Å²) in [6.07, 6.45) is -1.57. The molecule has 0 bridgehead atoms. The van der Waals surface area contributed by atoms with E-state index in [2.05, 4.69) is 0 Å². The molecule has 0 radical (unpaired) electrons. The molecule has 122 valence electrons. The van der Waals surface area contributed by atoms with E-state index in [0.29, 0.717) is 17.7 Å². The molecule has 2 atom stereocenters. The van der Waals surface area contributed by atoms with E-state index in [0.717, 1.165) is 0 Å². The largest absolute Gasteiger partial charge is 0.466 e. The number of halogens is 1. The van der Waals surface area contributed by atoms with Crippen LogP contribution in [0.2, 0.25) is 0 Å². The van der Waals surface area contributed by atoms with Crippen LogP contribution in [0.5, 0.6) is 0 Å². The smallest absolute Gasteiger partial charge is 0.306 e. The summed E-state index contributed by atoms with van der Waals surface area (Å²) in [5.74, 6) is -0.315. The number of ketones is 1. The Labute approximate surface area is 134 Å². The Kier molecular flexibility index (Phi) is 8.09. The number of rotatable bonds is 9. The average Bonchev–Trinajstić information content (AvgIpc) is 2.52. The lowest BCUT2D eigenvalue weighted by atomic mass is 9.99. The lowest BCUT2D eigenvalue weighted by molar-refractivity contribution is -0.143. The van der Waals surface area contributed by atoms with Gasteiger partial charge < -0.3 is 14.9 Å². The first kappa shape index (κ1) is 18.6. The van der Waals surface area contributed by atoms with Crippen LogP contribution < -0.4 is 0 Å². The molecule has 6 heteroatoms. The molecule has 1 aromatic carbocycles. The van der Waals surface area contributed by atoms with E-state index >= 15 is 0 Å². The lowest BCUT2D eigenvalue weighted by Gasteiger charge is -2.17. The molecule has 2 unspecified atom stereocenters. The summed E-state index contributed by atoms with van der Waals surface area (Å²) in [5, 5.41) is 19.6. The maximum absolute atomic E-state index is 11.9. The molecule has 0 aliphatic carbocycles. The van der Waals surface area contributed by atoms with Crippen LogP contribution in [-0.4, -0.2) is 40.6 Å². The summed E-state index contributed by atoms with van der Waals surface area (Å²) in [6.45, 7) is 2.01. The van der Waals surface area contributed by atoms with Crippen molar-refractivity contribution in [2.45, 2.75) is 38.4 Å². The van der Waals surface area contributed by atoms with Crippen molar-refractivity contribution in [1.82, 2.24) is 0 Å². The Morgan fingerprint density at radius 2 is 1.82 bits per heavy atom. The summed E-state index contributed by atoms with van der Waals surface area (Å²) in [5.41, 5.74) is 0.964. The number of ether oxygens (including phenoxy) is 1. The fourth-order valence-electron chi connectivity index (χ4n) is 1.95. The van der Waals surface area contributed by atoms with Crippen LogP contribution in [-0.2, 0) is 9.53 Å². The van der Waals surface area contributed by atoms with Crippen LogP contribution in [0.1, 0.15) is 48.2 Å². The Balaban J connectivity index is 2.60. The van der Waals surface area contributed by atoms with Crippen molar-refractivity contribution in [2.24, 2.45) is 0 Å². The van der Waals surface area contributed by atoms with Gasteiger partial charge in [-0.25, -0.2) is 0 Å². The monoisotopic (exact) mass is 328 g/mol. The van der Waals surface area contributed by atoms with Gasteiger partial charge in [-0.2, -0.15) is 0 Å². The fraction of sp³-hybridized carbons (Fsp3) is 0.500. The maximum Gasteiger partial charge on any atom is 0.306 e. The summed E-state index contributed by atoms with van der Waals surface area (Å²) >= 11 is 5.52. The molecule has 0 heterocycles. The van der Waals surface area contributed by atoms with Crippen LogP contribution >= 0.6 is 11.6 Å². The number of aliphatic hydroxyl groups excluding tert-OH is 2. The molecule has 1 aromatic rings. The first-order valence-electron chi connectivity index (χ1n) is 7.20. The highest BCUT2D eigenvalue weighted by Crippen LogP contribution is 2.20. The van der Waals surface area contributed by atoms with Crippen molar-refractivity contribution in [1.29, 1.82) is 0 Å². The van der Waals surface area contributed by atoms with Gasteiger partial charge in [0.25, 0.3) is 0 Å². The van der Waals surface area contributed by atoms with Crippen molar-refractivity contribution in [3.8, 4) is 0 Å². The molecular weight excluding hydrogens is 308 g/mol. The zero-order valence-corrected chi connectivity index (χ0v) is 13.3. The van der Waals surface area contributed by atoms with Crippen molar-refractivity contribution < 1.29 is 24.5 Å². The zero-order chi connectivity index (χ0) is 16.5. The second kappa shape index (κ2) is 9.56. The molecule has 0 saturated carbocycles. The van der Waals surface area contributed by atoms with E-state index in [9.17, 15) is 19.8 Å². The molecular formula is C16H21ClO5. The van der Waals surface area contributed by atoms with Gasteiger partial charge in [-0.1, -0.05) is 24.3 Å². The van der Waals surface area contributed by atoms with Crippen molar-refractivity contribution in [3.63, 3.8) is 0 Å². The van der Waals surface area contributed by atoms with E-state index in [4.69, 9.17) is 16.3 Å². The lowest BCUT2D eigenvalue weighted by Crippen LogP contribution is -2.18. The van der Waals surface area contributed by atoms with E-state index in [1.54, 1.807) is 31.2 Å². The Morgan fingerprint density at radius 3 is 2.36 bits per heavy atom. The zero-order valence-electron chi connectivity index (χ0n) is 12.5. The standard InChI is InChI=1S/C16H21ClO5/c1-2-22-15(20)8-7-13(18)11-3-5-12(6-4-11)16(21)14(19)9-10-17/h3-6,14,16,19,21H,2,7-10H2,1H3. The average molecular weight is 329 g/mol. The minimum absolute atomic E-state index is 0.0471. The van der Waals surface area contributed by atoms with Gasteiger partial charge in [-0.05, 0) is 18.9 Å². The van der Waals surface area contributed by atoms with Crippen LogP contribution in [0.25, 0.3) is 0 Å². The fourth-order valence-corrected chi connectivity index (χ4v) is 2.17. The maximum atomic E-state index is 11.9. The van der Waals surface area contributed by atoms with Gasteiger partial charge in [0.05, 0.1) is 19.1 Å². The minimum atomic E-state index is -1.04. The summed E-state index contributed by atoms with van der Waals surface area (Å²) in [6, 6.07) is 6.30. The highest BCUT2D eigenvalue weighted by atomic mass is 35.5. The number of esters is 1. The normalized spacial score (nSPS) is 13.5. The number of hydrogen-bond donors (Lipinski definition) is 2. The topological polar surface area (TPSA) is 83.8 Å². The van der Waals surface area contributed by atoms with Crippen molar-refractivity contribution in [3.05, 3.63) is 35.4 Å². The highest BCUT2D eigenvalue weighted by Gasteiger charge is 2.18. The third kappa shape index (κ3) is 5.75. The minimum Gasteiger partial charge on any atom is -0.466 e. The molecule has 1 rings (SSSR count). The van der Waals surface area contributed by atoms with Crippen LogP contribution in [0, 0.1) is 0 Å². The number of aliphatic hydroxyl groups is 2.